The molecule has 0 saturated carbocycles. The highest BCUT2D eigenvalue weighted by Gasteiger charge is 2.74. The topological polar surface area (TPSA) is 87.2 Å². The van der Waals surface area contributed by atoms with Gasteiger partial charge in [-0.05, 0) is 35.7 Å². The van der Waals surface area contributed by atoms with Crippen LogP contribution >= 0.6 is 0 Å². The highest BCUT2D eigenvalue weighted by atomic mass is 16.5. The molecule has 0 spiro atoms. The van der Waals surface area contributed by atoms with E-state index >= 15 is 0 Å². The Balaban J connectivity index is 1.55. The van der Waals surface area contributed by atoms with E-state index in [4.69, 9.17) is 4.74 Å². The van der Waals surface area contributed by atoms with Crippen LogP contribution in [0.4, 0.5) is 0 Å². The van der Waals surface area contributed by atoms with Gasteiger partial charge in [-0.25, -0.2) is 0 Å². The van der Waals surface area contributed by atoms with Crippen molar-refractivity contribution in [3.8, 4) is 5.75 Å². The third kappa shape index (κ3) is 3.81. The Morgan fingerprint density at radius 3 is 2.05 bits per heavy atom. The van der Waals surface area contributed by atoms with Gasteiger partial charge < -0.3 is 14.5 Å². The summed E-state index contributed by atoms with van der Waals surface area (Å²) in [7, 11) is 1.57. The summed E-state index contributed by atoms with van der Waals surface area (Å²) < 4.78 is 5.33. The number of likely N-dealkylation sites (tertiary alicyclic amines) is 1. The molecule has 3 saturated heterocycles. The number of fused-ring (bicyclic) bond motifs is 3. The van der Waals surface area contributed by atoms with Gasteiger partial charge in [-0.15, -0.1) is 0 Å². The van der Waals surface area contributed by atoms with E-state index in [2.05, 4.69) is 0 Å². The van der Waals surface area contributed by atoms with Crippen LogP contribution in [-0.2, 0) is 32.1 Å². The zero-order chi connectivity index (χ0) is 28.0. The molecule has 4 amide bonds. The van der Waals surface area contributed by atoms with E-state index in [9.17, 15) is 19.2 Å². The first kappa shape index (κ1) is 25.8. The lowest BCUT2D eigenvalue weighted by Gasteiger charge is -2.49. The molecule has 0 aliphatic carbocycles. The number of rotatable bonds is 7. The van der Waals surface area contributed by atoms with Crippen molar-refractivity contribution >= 4 is 23.6 Å². The lowest BCUT2D eigenvalue weighted by molar-refractivity contribution is -0.169. The molecule has 3 fully saturated rings. The Morgan fingerprint density at radius 2 is 1.45 bits per heavy atom. The minimum atomic E-state index is -1.54. The van der Waals surface area contributed by atoms with Gasteiger partial charge >= 0.3 is 0 Å². The molecular weight excluding hydrogens is 506 g/mol. The predicted octanol–water partition coefficient (Wildman–Crippen LogP) is 3.22. The second kappa shape index (κ2) is 9.93. The standard InChI is InChI=1S/C32H31N3O5/c1-3-34-29(37)26-27(30(34)38)32(18-21-10-6-4-7-11-21)31(39)33(19-22-12-8-5-9-13-22)20-25(36)35(32)28(26)23-14-16-24(40-2)17-15-23/h4-17,26-28H,3,18-20H2,1-2H3/t26-,27-,28-,32-/m1/s1. The normalized spacial score (nSPS) is 25.9. The molecule has 3 heterocycles. The average molecular weight is 538 g/mol. The van der Waals surface area contributed by atoms with E-state index in [1.807, 2.05) is 72.8 Å². The highest BCUT2D eigenvalue weighted by molar-refractivity contribution is 6.13. The molecular formula is C32H31N3O5. The maximum Gasteiger partial charge on any atom is 0.250 e. The number of piperazine rings is 1. The summed E-state index contributed by atoms with van der Waals surface area (Å²) in [6.45, 7) is 2.07. The number of carbonyl (C=O) groups is 4. The summed E-state index contributed by atoms with van der Waals surface area (Å²) in [5, 5.41) is 0. The Kier molecular flexibility index (Phi) is 6.41. The van der Waals surface area contributed by atoms with Crippen LogP contribution in [0.15, 0.2) is 84.9 Å². The van der Waals surface area contributed by atoms with Crippen molar-refractivity contribution in [1.82, 2.24) is 14.7 Å². The van der Waals surface area contributed by atoms with Crippen LogP contribution in [0.25, 0.3) is 0 Å². The van der Waals surface area contributed by atoms with Gasteiger partial charge in [-0.3, -0.25) is 24.1 Å². The molecule has 0 N–H and O–H groups in total. The summed E-state index contributed by atoms with van der Waals surface area (Å²) in [6, 6.07) is 25.4. The van der Waals surface area contributed by atoms with Gasteiger partial charge in [0.05, 0.1) is 25.0 Å². The molecule has 3 aromatic carbocycles. The Labute approximate surface area is 233 Å². The molecule has 0 aromatic heterocycles. The fourth-order valence-corrected chi connectivity index (χ4v) is 6.91. The number of imide groups is 1. The number of nitrogens with zero attached hydrogens (tertiary/aromatic N) is 3. The lowest BCUT2D eigenvalue weighted by Crippen LogP contribution is -2.69. The van der Waals surface area contributed by atoms with Gasteiger partial charge in [0.1, 0.15) is 17.8 Å². The van der Waals surface area contributed by atoms with E-state index in [0.29, 0.717) is 11.3 Å². The summed E-state index contributed by atoms with van der Waals surface area (Å²) in [5.41, 5.74) is 0.858. The van der Waals surface area contributed by atoms with E-state index in [1.54, 1.807) is 36.0 Å². The molecule has 4 atom stereocenters. The maximum atomic E-state index is 14.8. The number of ether oxygens (including phenoxy) is 1. The Morgan fingerprint density at radius 1 is 0.825 bits per heavy atom. The number of hydrogen-bond acceptors (Lipinski definition) is 5. The van der Waals surface area contributed by atoms with E-state index in [0.717, 1.165) is 11.1 Å². The molecule has 3 aromatic rings. The van der Waals surface area contributed by atoms with Gasteiger partial charge in [-0.2, -0.15) is 0 Å². The summed E-state index contributed by atoms with van der Waals surface area (Å²) in [6.07, 6.45) is 0.133. The zero-order valence-electron chi connectivity index (χ0n) is 22.5. The van der Waals surface area contributed by atoms with E-state index in [1.165, 1.54) is 4.90 Å². The third-order valence-electron chi connectivity index (χ3n) is 8.56. The van der Waals surface area contributed by atoms with Crippen molar-refractivity contribution < 1.29 is 23.9 Å². The van der Waals surface area contributed by atoms with Crippen LogP contribution in [-0.4, -0.2) is 64.1 Å². The van der Waals surface area contributed by atoms with Crippen LogP contribution in [0, 0.1) is 11.8 Å². The van der Waals surface area contributed by atoms with Crippen molar-refractivity contribution in [2.45, 2.75) is 31.5 Å². The molecule has 3 aliphatic heterocycles. The number of amides is 4. The Hall–Kier alpha value is -4.46. The van der Waals surface area contributed by atoms with Crippen LogP contribution in [0.3, 0.4) is 0 Å². The van der Waals surface area contributed by atoms with Gasteiger partial charge in [0.15, 0.2) is 0 Å². The van der Waals surface area contributed by atoms with Gasteiger partial charge in [-0.1, -0.05) is 72.8 Å². The van der Waals surface area contributed by atoms with Gasteiger partial charge in [0.2, 0.25) is 17.7 Å². The SMILES string of the molecule is CCN1C(=O)[C@H]2[C@@H](c3ccc(OC)cc3)N3C(=O)CN(Cc4ccccc4)C(=O)[C@@]3(Cc3ccccc3)[C@H]2C1=O. The number of benzene rings is 3. The predicted molar refractivity (Wildman–Crippen MR) is 147 cm³/mol. The molecule has 0 bridgehead atoms. The van der Waals surface area contributed by atoms with Crippen LogP contribution in [0.5, 0.6) is 5.75 Å². The number of methoxy groups -OCH3 is 1. The smallest absolute Gasteiger partial charge is 0.250 e. The minimum absolute atomic E-state index is 0.129. The van der Waals surface area contributed by atoms with Crippen LogP contribution in [0.1, 0.15) is 29.7 Å². The van der Waals surface area contributed by atoms with Crippen molar-refractivity contribution in [1.29, 1.82) is 0 Å². The number of carbonyl (C=O) groups excluding carboxylic acids is 4. The van der Waals surface area contributed by atoms with Crippen LogP contribution < -0.4 is 4.74 Å². The zero-order valence-corrected chi connectivity index (χ0v) is 22.5. The van der Waals surface area contributed by atoms with Crippen molar-refractivity contribution in [2.75, 3.05) is 20.2 Å². The molecule has 6 rings (SSSR count). The number of hydrogen-bond donors (Lipinski definition) is 0. The van der Waals surface area contributed by atoms with Crippen LogP contribution in [0.2, 0.25) is 0 Å². The first-order chi connectivity index (χ1) is 19.4. The largest absolute Gasteiger partial charge is 0.497 e. The summed E-state index contributed by atoms with van der Waals surface area (Å²) >= 11 is 0. The fraction of sp³-hybridized carbons (Fsp3) is 0.312. The first-order valence-corrected chi connectivity index (χ1v) is 13.6. The van der Waals surface area contributed by atoms with Gasteiger partial charge in [0.25, 0.3) is 5.91 Å². The van der Waals surface area contributed by atoms with E-state index < -0.39 is 29.3 Å². The monoisotopic (exact) mass is 537 g/mol. The molecule has 204 valence electrons. The average Bonchev–Trinajstić information content (AvgIpc) is 3.42. The second-order valence-electron chi connectivity index (χ2n) is 10.6. The van der Waals surface area contributed by atoms with E-state index in [-0.39, 0.29) is 43.8 Å². The summed E-state index contributed by atoms with van der Waals surface area (Å²) in [5.74, 6) is -2.54. The van der Waals surface area contributed by atoms with Gasteiger partial charge in [0, 0.05) is 19.5 Å². The highest BCUT2D eigenvalue weighted by Crippen LogP contribution is 2.58. The van der Waals surface area contributed by atoms with Crippen molar-refractivity contribution in [3.05, 3.63) is 102 Å². The quantitative estimate of drug-likeness (QED) is 0.432. The molecule has 8 heteroatoms. The third-order valence-corrected chi connectivity index (χ3v) is 8.56. The van der Waals surface area contributed by atoms with Crippen molar-refractivity contribution in [3.63, 3.8) is 0 Å². The first-order valence-electron chi connectivity index (χ1n) is 13.6. The molecule has 0 unspecified atom stereocenters. The molecule has 0 radical (unpaired) electrons. The maximum absolute atomic E-state index is 14.8. The lowest BCUT2D eigenvalue weighted by atomic mass is 9.74. The second-order valence-corrected chi connectivity index (χ2v) is 10.6. The molecule has 8 nitrogen and oxygen atoms in total. The summed E-state index contributed by atoms with van der Waals surface area (Å²) in [4.78, 5) is 61.3. The fourth-order valence-electron chi connectivity index (χ4n) is 6.91. The molecule has 3 aliphatic rings. The van der Waals surface area contributed by atoms with Crippen molar-refractivity contribution in [2.24, 2.45) is 11.8 Å². The molecule has 40 heavy (non-hydrogen) atoms. The Bertz CT molecular complexity index is 1460. The minimum Gasteiger partial charge on any atom is -0.497 e.